The van der Waals surface area contributed by atoms with E-state index >= 15 is 0 Å². The first kappa shape index (κ1) is 15.4. The number of fused-ring (bicyclic) bond motifs is 1. The Balaban J connectivity index is 1.64. The molecule has 0 radical (unpaired) electrons. The van der Waals surface area contributed by atoms with Crippen molar-refractivity contribution in [2.24, 2.45) is 7.05 Å². The molecule has 0 bridgehead atoms. The van der Waals surface area contributed by atoms with Gasteiger partial charge in [0, 0.05) is 17.5 Å². The molecule has 5 nitrogen and oxygen atoms in total. The van der Waals surface area contributed by atoms with E-state index < -0.39 is 0 Å². The second-order valence-corrected chi connectivity index (χ2v) is 6.74. The van der Waals surface area contributed by atoms with Crippen LogP contribution in [0.4, 0.5) is 11.4 Å². The number of amides is 1. The van der Waals surface area contributed by atoms with E-state index in [1.807, 2.05) is 53.4 Å². The molecule has 4 aromatic rings. The van der Waals surface area contributed by atoms with Gasteiger partial charge in [-0.25, -0.2) is 4.98 Å². The molecule has 0 aliphatic rings. The van der Waals surface area contributed by atoms with Crippen molar-refractivity contribution in [1.29, 1.82) is 0 Å². The van der Waals surface area contributed by atoms with E-state index in [4.69, 9.17) is 5.73 Å². The van der Waals surface area contributed by atoms with Crippen LogP contribution in [0.15, 0.2) is 60.2 Å². The minimum absolute atomic E-state index is 0.206. The van der Waals surface area contributed by atoms with Crippen LogP contribution >= 0.6 is 11.3 Å². The zero-order valence-electron chi connectivity index (χ0n) is 13.6. The number of rotatable bonds is 3. The first-order valence-corrected chi connectivity index (χ1v) is 8.65. The van der Waals surface area contributed by atoms with Gasteiger partial charge in [-0.15, -0.1) is 11.3 Å². The van der Waals surface area contributed by atoms with Crippen LogP contribution in [0.25, 0.3) is 21.5 Å². The van der Waals surface area contributed by atoms with Crippen LogP contribution in [0.3, 0.4) is 0 Å². The summed E-state index contributed by atoms with van der Waals surface area (Å²) >= 11 is 1.65. The van der Waals surface area contributed by atoms with Crippen LogP contribution in [0, 0.1) is 0 Å². The standard InChI is InChI=1S/C19H16N4OS/c1-23-11-21-16-10-13(5-7-17(16)23)19(24)22-15-9-12(4-6-14(15)20)18-3-2-8-25-18/h2-11H,20H2,1H3,(H,22,24). The van der Waals surface area contributed by atoms with Gasteiger partial charge >= 0.3 is 0 Å². The number of hydrogen-bond acceptors (Lipinski definition) is 4. The molecule has 124 valence electrons. The van der Waals surface area contributed by atoms with Crippen LogP contribution in [0.1, 0.15) is 10.4 Å². The SMILES string of the molecule is Cn1cnc2cc(C(=O)Nc3cc(-c4cccs4)ccc3N)ccc21. The smallest absolute Gasteiger partial charge is 0.255 e. The highest BCUT2D eigenvalue weighted by molar-refractivity contribution is 7.13. The van der Waals surface area contributed by atoms with Gasteiger partial charge in [0.25, 0.3) is 5.91 Å². The van der Waals surface area contributed by atoms with Gasteiger partial charge in [0.2, 0.25) is 0 Å². The van der Waals surface area contributed by atoms with Gasteiger partial charge in [-0.3, -0.25) is 4.79 Å². The van der Waals surface area contributed by atoms with Gasteiger partial charge < -0.3 is 15.6 Å². The maximum atomic E-state index is 12.6. The van der Waals surface area contributed by atoms with Gasteiger partial charge in [-0.05, 0) is 47.3 Å². The number of carbonyl (C=O) groups is 1. The summed E-state index contributed by atoms with van der Waals surface area (Å²) in [4.78, 5) is 18.0. The van der Waals surface area contributed by atoms with Crippen molar-refractivity contribution in [3.05, 3.63) is 65.8 Å². The third-order valence-corrected chi connectivity index (χ3v) is 5.01. The van der Waals surface area contributed by atoms with E-state index in [-0.39, 0.29) is 5.91 Å². The van der Waals surface area contributed by atoms with E-state index in [1.54, 1.807) is 29.8 Å². The van der Waals surface area contributed by atoms with Crippen molar-refractivity contribution in [3.63, 3.8) is 0 Å². The molecule has 0 unspecified atom stereocenters. The zero-order chi connectivity index (χ0) is 17.4. The molecule has 2 aromatic heterocycles. The number of benzene rings is 2. The van der Waals surface area contributed by atoms with Crippen molar-refractivity contribution < 1.29 is 4.79 Å². The van der Waals surface area contributed by atoms with Crippen molar-refractivity contribution in [2.75, 3.05) is 11.1 Å². The van der Waals surface area contributed by atoms with E-state index in [1.165, 1.54) is 0 Å². The number of anilines is 2. The fourth-order valence-electron chi connectivity index (χ4n) is 2.73. The van der Waals surface area contributed by atoms with E-state index in [0.717, 1.165) is 21.5 Å². The summed E-state index contributed by atoms with van der Waals surface area (Å²) in [6.07, 6.45) is 1.73. The third-order valence-electron chi connectivity index (χ3n) is 4.09. The fourth-order valence-corrected chi connectivity index (χ4v) is 3.46. The maximum absolute atomic E-state index is 12.6. The molecule has 2 aromatic carbocycles. The number of carbonyl (C=O) groups excluding carboxylic acids is 1. The molecule has 25 heavy (non-hydrogen) atoms. The van der Waals surface area contributed by atoms with Gasteiger partial charge in [0.15, 0.2) is 0 Å². The molecule has 0 saturated carbocycles. The summed E-state index contributed by atoms with van der Waals surface area (Å²) in [6, 6.07) is 15.2. The molecule has 0 aliphatic heterocycles. The Kier molecular flexibility index (Phi) is 3.74. The average Bonchev–Trinajstić information content (AvgIpc) is 3.27. The zero-order valence-corrected chi connectivity index (χ0v) is 14.4. The lowest BCUT2D eigenvalue weighted by atomic mass is 10.1. The van der Waals surface area contributed by atoms with Crippen LogP contribution in [0.5, 0.6) is 0 Å². The minimum atomic E-state index is -0.206. The van der Waals surface area contributed by atoms with Crippen LogP contribution in [-0.4, -0.2) is 15.5 Å². The lowest BCUT2D eigenvalue weighted by molar-refractivity contribution is 0.102. The molecule has 0 aliphatic carbocycles. The summed E-state index contributed by atoms with van der Waals surface area (Å²) in [5, 5.41) is 4.93. The summed E-state index contributed by atoms with van der Waals surface area (Å²) in [5.74, 6) is -0.206. The van der Waals surface area contributed by atoms with Gasteiger partial charge in [-0.1, -0.05) is 12.1 Å². The summed E-state index contributed by atoms with van der Waals surface area (Å²) < 4.78 is 1.92. The maximum Gasteiger partial charge on any atom is 0.255 e. The molecule has 0 atom stereocenters. The minimum Gasteiger partial charge on any atom is -0.397 e. The third kappa shape index (κ3) is 2.88. The molecule has 0 spiro atoms. The number of hydrogen-bond donors (Lipinski definition) is 2. The monoisotopic (exact) mass is 348 g/mol. The topological polar surface area (TPSA) is 72.9 Å². The summed E-state index contributed by atoms with van der Waals surface area (Å²) in [5.41, 5.74) is 10.5. The van der Waals surface area contributed by atoms with Crippen LogP contribution in [0.2, 0.25) is 0 Å². The van der Waals surface area contributed by atoms with E-state index in [9.17, 15) is 4.79 Å². The van der Waals surface area contributed by atoms with E-state index in [2.05, 4.69) is 10.3 Å². The van der Waals surface area contributed by atoms with Crippen LogP contribution in [-0.2, 0) is 7.05 Å². The first-order valence-electron chi connectivity index (χ1n) is 7.77. The number of nitrogens with two attached hydrogens (primary N) is 1. The molecule has 6 heteroatoms. The average molecular weight is 348 g/mol. The van der Waals surface area contributed by atoms with Crippen molar-refractivity contribution in [3.8, 4) is 10.4 Å². The molecular weight excluding hydrogens is 332 g/mol. The van der Waals surface area contributed by atoms with Crippen molar-refractivity contribution in [2.45, 2.75) is 0 Å². The Bertz CT molecular complexity index is 1070. The molecular formula is C19H16N4OS. The summed E-state index contributed by atoms with van der Waals surface area (Å²) in [7, 11) is 1.92. The lowest BCUT2D eigenvalue weighted by Gasteiger charge is -2.10. The molecule has 0 fully saturated rings. The number of nitrogen functional groups attached to an aromatic ring is 1. The quantitative estimate of drug-likeness (QED) is 0.547. The molecule has 3 N–H and O–H groups in total. The van der Waals surface area contributed by atoms with Gasteiger partial charge in [0.05, 0.1) is 28.7 Å². The van der Waals surface area contributed by atoms with Gasteiger partial charge in [0.1, 0.15) is 0 Å². The molecule has 4 rings (SSSR count). The van der Waals surface area contributed by atoms with E-state index in [0.29, 0.717) is 16.9 Å². The highest BCUT2D eigenvalue weighted by Gasteiger charge is 2.11. The second-order valence-electron chi connectivity index (χ2n) is 5.79. The predicted octanol–water partition coefficient (Wildman–Crippen LogP) is 4.14. The largest absolute Gasteiger partial charge is 0.397 e. The van der Waals surface area contributed by atoms with Crippen molar-refractivity contribution >= 4 is 39.7 Å². The number of nitrogens with one attached hydrogen (secondary N) is 1. The molecule has 1 amide bonds. The fraction of sp³-hybridized carbons (Fsp3) is 0.0526. The Morgan fingerprint density at radius 3 is 2.88 bits per heavy atom. The number of nitrogens with zero attached hydrogens (tertiary/aromatic N) is 2. The van der Waals surface area contributed by atoms with Gasteiger partial charge in [-0.2, -0.15) is 0 Å². The molecule has 0 saturated heterocycles. The lowest BCUT2D eigenvalue weighted by Crippen LogP contribution is -2.13. The molecule has 2 heterocycles. The Hall–Kier alpha value is -3.12. The number of aromatic nitrogens is 2. The second kappa shape index (κ2) is 6.07. The number of thiophene rings is 1. The normalized spacial score (nSPS) is 10.9. The highest BCUT2D eigenvalue weighted by Crippen LogP contribution is 2.30. The number of imidazole rings is 1. The predicted molar refractivity (Wildman–Crippen MR) is 103 cm³/mol. The first-order chi connectivity index (χ1) is 12.1. The summed E-state index contributed by atoms with van der Waals surface area (Å²) in [6.45, 7) is 0. The Morgan fingerprint density at radius 2 is 2.08 bits per heavy atom. The van der Waals surface area contributed by atoms with Crippen molar-refractivity contribution in [1.82, 2.24) is 9.55 Å². The highest BCUT2D eigenvalue weighted by atomic mass is 32.1. The Morgan fingerprint density at radius 1 is 1.20 bits per heavy atom. The Labute approximate surface area is 148 Å². The number of aryl methyl sites for hydroxylation is 1. The van der Waals surface area contributed by atoms with Crippen LogP contribution < -0.4 is 11.1 Å².